The molecule has 12 aromatic carbocycles. The van der Waals surface area contributed by atoms with Crippen molar-refractivity contribution in [1.29, 1.82) is 0 Å². The first-order chi connectivity index (χ1) is 41.1. The predicted octanol–water partition coefficient (Wildman–Crippen LogP) is 13.1. The van der Waals surface area contributed by atoms with Gasteiger partial charge in [-0.05, 0) is 156 Å². The molecule has 0 spiro atoms. The Kier molecular flexibility index (Phi) is 9.05. The Bertz CT molecular complexity index is 4990. The van der Waals surface area contributed by atoms with E-state index in [9.17, 15) is 0 Å². The first-order valence-corrected chi connectivity index (χ1v) is 33.9. The number of rotatable bonds is 0. The van der Waals surface area contributed by atoms with Crippen LogP contribution in [-0.4, -0.2) is 0 Å². The lowest BCUT2D eigenvalue weighted by Gasteiger charge is -2.37. The summed E-state index contributed by atoms with van der Waals surface area (Å²) in [6, 6.07) is 66.9. The average Bonchev–Trinajstić information content (AvgIpc) is 1.11. The Labute approximate surface area is 477 Å². The highest BCUT2D eigenvalue weighted by Gasteiger charge is 2.53. The highest BCUT2D eigenvalue weighted by molar-refractivity contribution is 7.88. The first kappa shape index (κ1) is 47.0. The molecule has 16 heteroatoms. The van der Waals surface area contributed by atoms with Crippen LogP contribution in [0.4, 0.5) is 0 Å². The molecule has 12 aromatic rings. The molecule has 8 aliphatic rings. The Balaban J connectivity index is 0.000000124. The lowest BCUT2D eigenvalue weighted by atomic mass is 10.1. The van der Waals surface area contributed by atoms with E-state index in [2.05, 4.69) is 0 Å². The summed E-state index contributed by atoms with van der Waals surface area (Å²) in [7, 11) is -13.6. The third kappa shape index (κ3) is 5.72. The van der Waals surface area contributed by atoms with Crippen molar-refractivity contribution in [2.75, 3.05) is 0 Å². The van der Waals surface area contributed by atoms with Gasteiger partial charge in [-0.2, -0.15) is 0 Å². The van der Waals surface area contributed by atoms with Crippen LogP contribution < -0.4 is 102 Å². The second-order valence-corrected chi connectivity index (χ2v) is 31.8. The van der Waals surface area contributed by atoms with Crippen LogP contribution in [0.15, 0.2) is 218 Å². The maximum atomic E-state index is 15.7. The quantitative estimate of drug-likeness (QED) is 0.133. The second-order valence-electron chi connectivity index (χ2n) is 21.4. The summed E-state index contributed by atoms with van der Waals surface area (Å²) in [4.78, 5) is 0. The average molecular weight is 1170 g/mol. The molecule has 0 amide bonds. The number of hydrogen-bond donors (Lipinski definition) is 0. The number of para-hydroxylation sites is 4. The molecule has 0 aromatic heterocycles. The molecule has 0 saturated heterocycles. The molecule has 0 N–H and O–H groups in total. The third-order valence-electron chi connectivity index (χ3n) is 17.1. The predicted molar refractivity (Wildman–Crippen MR) is 326 cm³/mol. The minimum atomic E-state index is -3.48. The van der Waals surface area contributed by atoms with Gasteiger partial charge in [0, 0.05) is 10.8 Å². The van der Waals surface area contributed by atoms with E-state index >= 15 is 18.3 Å². The smallest absolute Gasteiger partial charge is 0.186 e. The van der Waals surface area contributed by atoms with Crippen molar-refractivity contribution < 1.29 is 56.2 Å². The van der Waals surface area contributed by atoms with Crippen molar-refractivity contribution in [3.63, 3.8) is 0 Å². The van der Waals surface area contributed by atoms with Crippen LogP contribution in [0.3, 0.4) is 0 Å². The fourth-order valence-corrected chi connectivity index (χ4v) is 26.3. The van der Waals surface area contributed by atoms with Gasteiger partial charge in [-0.3, -0.25) is 0 Å². The Hall–Kier alpha value is -9.52. The van der Waals surface area contributed by atoms with Gasteiger partial charge in [0.15, 0.2) is 28.6 Å². The molecule has 0 aliphatic carbocycles. The summed E-state index contributed by atoms with van der Waals surface area (Å²) < 4.78 is 113. The van der Waals surface area contributed by atoms with Gasteiger partial charge < -0.3 is 56.2 Å². The van der Waals surface area contributed by atoms with E-state index in [-0.39, 0.29) is 0 Å². The van der Waals surface area contributed by atoms with Crippen LogP contribution in [0.5, 0.6) is 92.0 Å². The van der Waals surface area contributed by atoms with Gasteiger partial charge in [0.1, 0.15) is 113 Å². The van der Waals surface area contributed by atoms with Crippen LogP contribution in [0.25, 0.3) is 21.5 Å². The van der Waals surface area contributed by atoms with Gasteiger partial charge in [-0.15, -0.1) is 0 Å². The zero-order chi connectivity index (χ0) is 55.6. The second kappa shape index (κ2) is 16.2. The van der Waals surface area contributed by atoms with Gasteiger partial charge in [-0.25, -0.2) is 0 Å². The maximum absolute atomic E-state index is 15.7. The summed E-state index contributed by atoms with van der Waals surface area (Å²) in [5.41, 5.74) is 0. The van der Waals surface area contributed by atoms with E-state index in [1.54, 1.807) is 0 Å². The fourth-order valence-electron chi connectivity index (χ4n) is 13.7. The first-order valence-electron chi connectivity index (χ1n) is 27.1. The van der Waals surface area contributed by atoms with Gasteiger partial charge in [-0.1, -0.05) is 72.8 Å². The highest BCUT2D eigenvalue weighted by atomic mass is 31.2. The lowest BCUT2D eigenvalue weighted by Crippen LogP contribution is -2.37. The maximum Gasteiger partial charge on any atom is 0.186 e. The van der Waals surface area contributed by atoms with E-state index in [1.165, 1.54) is 0 Å². The molecule has 0 radical (unpaired) electrons. The molecule has 12 nitrogen and oxygen atoms in total. The van der Waals surface area contributed by atoms with Crippen LogP contribution in [0.1, 0.15) is 0 Å². The number of fused-ring (bicyclic) bond motifs is 22. The largest absolute Gasteiger partial charge is 0.456 e. The van der Waals surface area contributed by atoms with Crippen molar-refractivity contribution >= 4 is 114 Å². The highest BCUT2D eigenvalue weighted by Crippen LogP contribution is 2.65. The lowest BCUT2D eigenvalue weighted by molar-refractivity contribution is 0.460. The Morgan fingerprint density at radius 2 is 0.417 bits per heavy atom. The van der Waals surface area contributed by atoms with Crippen molar-refractivity contribution in [2.24, 2.45) is 0 Å². The summed E-state index contributed by atoms with van der Waals surface area (Å²) in [6.07, 6.45) is 0. The zero-order valence-corrected chi connectivity index (χ0v) is 47.1. The van der Waals surface area contributed by atoms with Crippen LogP contribution in [-0.2, 0) is 18.3 Å². The summed E-state index contributed by atoms with van der Waals surface area (Å²) in [5, 5.41) is 10.0. The van der Waals surface area contributed by atoms with Crippen molar-refractivity contribution in [2.45, 2.75) is 0 Å². The van der Waals surface area contributed by atoms with Gasteiger partial charge in [0.2, 0.25) is 0 Å². The van der Waals surface area contributed by atoms with E-state index in [0.717, 1.165) is 10.8 Å². The summed E-state index contributed by atoms with van der Waals surface area (Å²) >= 11 is 0. The van der Waals surface area contributed by atoms with Crippen LogP contribution in [0.2, 0.25) is 0 Å². The fraction of sp³-hybridized carbons (Fsp3) is 0. The monoisotopic (exact) mass is 1170 g/mol. The molecule has 4 atom stereocenters. The van der Waals surface area contributed by atoms with Crippen LogP contribution in [0, 0.1) is 0 Å². The molecule has 8 heterocycles. The third-order valence-corrected chi connectivity index (χ3v) is 29.8. The molecule has 400 valence electrons. The van der Waals surface area contributed by atoms with Crippen molar-refractivity contribution in [3.8, 4) is 92.0 Å². The molecule has 0 fully saturated rings. The van der Waals surface area contributed by atoms with E-state index < -0.39 is 28.6 Å². The normalized spacial score (nSPS) is 21.0. The number of ether oxygens (including phenoxy) is 8. The molecule has 0 saturated carbocycles. The SMILES string of the molecule is O=P12c3ccccc3Oc3cccc(c31)Oc1c2ccc2c3c(ccc12)P1(=O)c2ccccc2Oc2cccc(c21)O3.O=P12c3ccccc3Oc3cccc(c31)Oc1ccc3c4c(ccc3c12)Oc1cccc2c1P4(=O)c1ccccc1O2. The minimum absolute atomic E-state index is 0.505. The summed E-state index contributed by atoms with van der Waals surface area (Å²) in [6.45, 7) is 0. The van der Waals surface area contributed by atoms with Crippen molar-refractivity contribution in [3.05, 3.63) is 218 Å². The molecule has 84 heavy (non-hydrogen) atoms. The number of benzene rings is 12. The molecular formula is C68H36O12P4. The molecule has 0 bridgehead atoms. The Morgan fingerprint density at radius 3 is 0.750 bits per heavy atom. The van der Waals surface area contributed by atoms with E-state index in [1.807, 2.05) is 218 Å². The topological polar surface area (TPSA) is 142 Å². The Morgan fingerprint density at radius 1 is 0.179 bits per heavy atom. The number of hydrogen-bond acceptors (Lipinski definition) is 12. The molecular weight excluding hydrogens is 1130 g/mol. The molecule has 20 rings (SSSR count). The van der Waals surface area contributed by atoms with Crippen LogP contribution >= 0.6 is 28.6 Å². The molecule has 8 aliphatic heterocycles. The van der Waals surface area contributed by atoms with E-state index in [4.69, 9.17) is 37.9 Å². The zero-order valence-electron chi connectivity index (χ0n) is 43.5. The standard InChI is InChI=1S/2C34H18O6P2/c35-41-29-13-3-1-7-21(29)37-23-9-5-11-25(33(23)41)39-27-17-16-20-19(31(27)41)15-18-28-32(20)42(36)30-14-4-2-8-22(30)38-24-10-6-12-26(40-28)34(24)42;35-41-27-13-3-1-7-21(27)37-23-9-5-11-25(33(23)41)39-31-19-16-18-30-32(20(19)15-17-29(31)41)40-26-12-6-10-24-34(26)42(30,36)28-14-4-2-8-22(28)38-24/h2*1-18H. The summed E-state index contributed by atoms with van der Waals surface area (Å²) in [5.74, 6) is 8.46. The molecule has 4 unspecified atom stereocenters. The van der Waals surface area contributed by atoms with Crippen molar-refractivity contribution in [1.82, 2.24) is 0 Å². The van der Waals surface area contributed by atoms with Gasteiger partial charge in [0.25, 0.3) is 0 Å². The van der Waals surface area contributed by atoms with Gasteiger partial charge in [0.05, 0.1) is 42.4 Å². The van der Waals surface area contributed by atoms with Gasteiger partial charge >= 0.3 is 0 Å². The van der Waals surface area contributed by atoms with E-state index in [0.29, 0.717) is 166 Å². The minimum Gasteiger partial charge on any atom is -0.456 e.